The zero-order valence-corrected chi connectivity index (χ0v) is 77.4. The second kappa shape index (κ2) is 56.5. The molecule has 10 fully saturated rings. The van der Waals surface area contributed by atoms with E-state index in [2.05, 4.69) is 206 Å². The second-order valence-corrected chi connectivity index (χ2v) is 39.9. The number of alkyl halides is 3. The van der Waals surface area contributed by atoms with Crippen LogP contribution in [0.5, 0.6) is 0 Å². The van der Waals surface area contributed by atoms with Crippen molar-refractivity contribution in [2.75, 3.05) is 206 Å². The largest absolute Gasteiger partial charge is 0.403 e. The fourth-order valence-corrected chi connectivity index (χ4v) is 18.3. The number of aromatic nitrogens is 2. The van der Waals surface area contributed by atoms with Crippen LogP contribution in [0.3, 0.4) is 0 Å². The Hall–Kier alpha value is -2.88. The quantitative estimate of drug-likeness (QED) is 0.146. The van der Waals surface area contributed by atoms with Gasteiger partial charge < -0.3 is 34.1 Å². The molecule has 1 saturated carbocycles. The number of piperidine rings is 1. The first-order chi connectivity index (χ1) is 52.6. The van der Waals surface area contributed by atoms with Gasteiger partial charge in [-0.15, -0.1) is 16.4 Å². The Kier molecular flexibility index (Phi) is 52.1. The van der Waals surface area contributed by atoms with E-state index in [0.717, 1.165) is 118 Å². The number of thiophene rings is 1. The number of carbonyl (C=O) groups excluding carboxylic acids is 1. The van der Waals surface area contributed by atoms with Crippen LogP contribution in [0.4, 0.5) is 19.2 Å². The molecule has 1 aliphatic carbocycles. The van der Waals surface area contributed by atoms with Crippen LogP contribution in [-0.4, -0.2) is 359 Å². The van der Waals surface area contributed by atoms with Gasteiger partial charge in [0, 0.05) is 206 Å². The number of likely N-dealkylation sites (tertiary alicyclic amines) is 3. The highest BCUT2D eigenvalue weighted by molar-refractivity contribution is 7.91. The van der Waals surface area contributed by atoms with Crippen LogP contribution in [0.15, 0.2) is 46.2 Å². The monoisotopic (exact) mass is 1640 g/mol. The zero-order chi connectivity index (χ0) is 82.6. The van der Waals surface area contributed by atoms with Crippen LogP contribution in [0.25, 0.3) is 11.5 Å². The maximum atomic E-state index is 12.6. The van der Waals surface area contributed by atoms with E-state index >= 15 is 0 Å². The van der Waals surface area contributed by atoms with Gasteiger partial charge in [0.05, 0.1) is 29.6 Å². The third-order valence-corrected chi connectivity index (χ3v) is 27.2. The van der Waals surface area contributed by atoms with Crippen molar-refractivity contribution in [3.05, 3.63) is 46.7 Å². The van der Waals surface area contributed by atoms with Crippen LogP contribution in [0.2, 0.25) is 0 Å². The molecule has 111 heavy (non-hydrogen) atoms. The molecule has 1 amide bonds. The van der Waals surface area contributed by atoms with Gasteiger partial charge in [-0.3, -0.25) is 48.6 Å². The minimum Gasteiger partial charge on any atom is -0.403 e. The highest BCUT2D eigenvalue weighted by Crippen LogP contribution is 2.28. The summed E-state index contributed by atoms with van der Waals surface area (Å²) >= 11 is 0.954. The minimum absolute atomic E-state index is 0.0263. The molecule has 10 aliphatic rings. The van der Waals surface area contributed by atoms with Gasteiger partial charge in [0.15, 0.2) is 19.4 Å². The Bertz CT molecular complexity index is 2860. The predicted octanol–water partition coefficient (Wildman–Crippen LogP) is 11.3. The van der Waals surface area contributed by atoms with Crippen LogP contribution in [0.1, 0.15) is 200 Å². The number of hydrogen-bond acceptors (Lipinski definition) is 21. The van der Waals surface area contributed by atoms with Gasteiger partial charge >= 0.3 is 11.8 Å². The SMILES string of the molecule is CC.CC(C)N1CCC1.CC(C)N1CCCC1.CC(C)N1CCCCC1.CC(C)N1CCN(C)CC1.CC(C)N1CCN(C2CC2)CC1.CC(C)N1CCNCC1.CC(C)N1CCOCC1.CC(C)N1CCS(=O)(=O)CC1.CC(C)N1CCS(=O)CC1.O=C(Nc1nnc(-c2ccccc2)o1)c1sccc1[SiH2]C(F)(F)F. The molecule has 13 rings (SSSR count). The minimum atomic E-state index is -4.25. The summed E-state index contributed by atoms with van der Waals surface area (Å²) in [6, 6.07) is 17.4. The van der Waals surface area contributed by atoms with E-state index in [9.17, 15) is 30.6 Å². The number of morpholine rings is 1. The number of amides is 1. The molecule has 0 bridgehead atoms. The molecule has 21 nitrogen and oxygen atoms in total. The molecular weight excluding hydrogens is 1480 g/mol. The summed E-state index contributed by atoms with van der Waals surface area (Å²) in [4.78, 5) is 39.4. The van der Waals surface area contributed by atoms with Crippen LogP contribution >= 0.6 is 11.3 Å². The molecule has 28 heteroatoms. The maximum absolute atomic E-state index is 12.6. The van der Waals surface area contributed by atoms with Crippen LogP contribution in [0, 0.1) is 0 Å². The van der Waals surface area contributed by atoms with Gasteiger partial charge in [0.25, 0.3) is 5.91 Å². The average Bonchev–Trinajstić information content (AvgIpc) is 1.69. The summed E-state index contributed by atoms with van der Waals surface area (Å²) in [6.45, 7) is 74.7. The van der Waals surface area contributed by atoms with Crippen molar-refractivity contribution in [2.45, 2.75) is 256 Å². The van der Waals surface area contributed by atoms with E-state index in [0.29, 0.717) is 48.3 Å². The lowest BCUT2D eigenvalue weighted by Gasteiger charge is -2.37. The number of piperazine rings is 3. The highest BCUT2D eigenvalue weighted by Gasteiger charge is 2.33. The molecule has 0 radical (unpaired) electrons. The number of hydrogen-bond donors (Lipinski definition) is 2. The van der Waals surface area contributed by atoms with Crippen molar-refractivity contribution in [3.8, 4) is 11.5 Å². The number of sulfone groups is 1. The summed E-state index contributed by atoms with van der Waals surface area (Å²) < 4.78 is 81.1. The molecule has 11 heterocycles. The summed E-state index contributed by atoms with van der Waals surface area (Å²) in [6.07, 6.45) is 11.4. The molecule has 0 unspecified atom stereocenters. The molecule has 9 saturated heterocycles. The van der Waals surface area contributed by atoms with Crippen molar-refractivity contribution >= 4 is 58.6 Å². The van der Waals surface area contributed by atoms with E-state index in [-0.39, 0.29) is 22.0 Å². The van der Waals surface area contributed by atoms with Gasteiger partial charge in [-0.1, -0.05) is 49.6 Å². The molecule has 1 aromatic carbocycles. The Balaban J connectivity index is 0.000000327. The number of likely N-dealkylation sites (N-methyl/N-ethyl adjacent to an activating group) is 1. The lowest BCUT2D eigenvalue weighted by molar-refractivity contribution is -0.0455. The molecule has 3 aromatic rings. The third-order valence-electron chi connectivity index (χ3n) is 21.7. The fourth-order valence-electron chi connectivity index (χ4n) is 13.7. The van der Waals surface area contributed by atoms with E-state index in [1.807, 2.05) is 19.9 Å². The van der Waals surface area contributed by atoms with Gasteiger partial charge in [0.2, 0.25) is 5.89 Å². The lowest BCUT2D eigenvalue weighted by Crippen LogP contribution is -2.49. The molecule has 2 N–H and O–H groups in total. The maximum Gasteiger partial charge on any atom is 0.359 e. The summed E-state index contributed by atoms with van der Waals surface area (Å²) in [7, 11) is -3.56. The van der Waals surface area contributed by atoms with Gasteiger partial charge in [0.1, 0.15) is 0 Å². The molecule has 646 valence electrons. The number of nitrogens with one attached hydrogen (secondary N) is 2. The van der Waals surface area contributed by atoms with Crippen LogP contribution < -0.4 is 15.8 Å². The Morgan fingerprint density at radius 3 is 1.29 bits per heavy atom. The van der Waals surface area contributed by atoms with Crippen molar-refractivity contribution < 1.29 is 39.7 Å². The summed E-state index contributed by atoms with van der Waals surface area (Å²) in [5.74, 6) is -2.30. The van der Waals surface area contributed by atoms with Crippen molar-refractivity contribution in [1.29, 1.82) is 0 Å². The molecule has 0 spiro atoms. The molecule has 0 atom stereocenters. The standard InChI is InChI=1S/C14H10F3N3O2SSi.C10H20N2.C8H18N2.C8H17N.C7H16N2.C7H15NO2S.C7H15NOS.C7H15NO.C7H15N.C6H13N.C2H6/c15-14(16,17)24-9-6-7-23-10(9)11(21)18-13-20-19-12(22-13)8-4-2-1-3-5-8;1-9(2)11-5-7-12(8-6-11)10-3-4-10;1-8(2)10-6-4-9(3)5-7-10;1-8(2)9-6-4-3-5-7-9;1-7(2)9-5-3-8-4-6-9;1-7(2)8-3-5-11(9,10)6-4-8;1-7(2)8-3-5-10(9)6-4-8;1-7(2)8-3-5-9-6-4-8;1-7(2)8-5-3-4-6-8;1-6(2)7-4-3-5-7;1-2/h1-7H,24H2,(H,18,20,21);9-10H,3-8H2,1-2H3;8H,4-7H2,1-3H3;8H,3-7H2,1-2H3;7-8H,3-6H2,1-2H3;7H,3-6H2,1-2H3;7H,3-6H2,1-2H3;7H,3-6H2,1-2H3;7H,3-6H2,1-2H3;6H,3-5H2,1-2H3;1-2H3. The first-order valence-electron chi connectivity index (χ1n) is 42.9. The predicted molar refractivity (Wildman–Crippen MR) is 468 cm³/mol. The van der Waals surface area contributed by atoms with Gasteiger partial charge in [-0.2, -0.15) is 13.2 Å². The number of carbonyl (C=O) groups is 1. The third kappa shape index (κ3) is 44.5. The van der Waals surface area contributed by atoms with E-state index in [1.165, 1.54) is 168 Å². The first kappa shape index (κ1) is 102. The lowest BCUT2D eigenvalue weighted by atomic mass is 10.1. The van der Waals surface area contributed by atoms with Crippen LogP contribution in [-0.2, 0) is 25.4 Å². The summed E-state index contributed by atoms with van der Waals surface area (Å²) in [5.41, 5.74) is 0.673. The van der Waals surface area contributed by atoms with Crippen molar-refractivity contribution in [2.24, 2.45) is 0 Å². The number of benzene rings is 1. The number of ether oxygens (including phenoxy) is 1. The number of anilines is 1. The van der Waals surface area contributed by atoms with E-state index in [1.54, 1.807) is 24.3 Å². The zero-order valence-electron chi connectivity index (χ0n) is 73.5. The van der Waals surface area contributed by atoms with Crippen molar-refractivity contribution in [3.63, 3.8) is 0 Å². The second-order valence-electron chi connectivity index (χ2n) is 33.0. The first-order valence-corrected chi connectivity index (χ1v) is 48.5. The van der Waals surface area contributed by atoms with E-state index < -0.39 is 41.9 Å². The fraction of sp³-hybridized carbons (Fsp3) is 0.843. The van der Waals surface area contributed by atoms with Gasteiger partial charge in [-0.25, -0.2) is 8.42 Å². The Morgan fingerprint density at radius 2 is 0.901 bits per heavy atom. The Labute approximate surface area is 683 Å². The smallest absolute Gasteiger partial charge is 0.359 e. The average molecular weight is 1650 g/mol. The molecular formula is C83H160F3N15O6S3Si. The normalized spacial score (nSPS) is 21.2. The number of rotatable bonds is 14. The number of halogens is 3. The van der Waals surface area contributed by atoms with Crippen molar-refractivity contribution in [1.82, 2.24) is 69.4 Å². The number of nitrogens with zero attached hydrogens (tertiary/aromatic N) is 13. The summed E-state index contributed by atoms with van der Waals surface area (Å²) in [5, 5.41) is 14.7. The highest BCUT2D eigenvalue weighted by atomic mass is 32.2. The van der Waals surface area contributed by atoms with Gasteiger partial charge in [-0.05, 0) is 239 Å². The van der Waals surface area contributed by atoms with E-state index in [4.69, 9.17) is 9.15 Å². The molecule has 2 aromatic heterocycles. The Morgan fingerprint density at radius 1 is 0.514 bits per heavy atom. The topological polar surface area (TPSA) is 176 Å². The molecule has 9 aliphatic heterocycles.